The monoisotopic (exact) mass is 359 g/mol. The minimum Gasteiger partial charge on any atom is -0.183 e. The van der Waals surface area contributed by atoms with Crippen molar-refractivity contribution in [3.8, 4) is 0 Å². The van der Waals surface area contributed by atoms with Crippen molar-refractivity contribution in [2.75, 3.05) is 42.3 Å². The number of benzene rings is 2. The third kappa shape index (κ3) is 4.25. The molecule has 0 unspecified atom stereocenters. The molecule has 0 heterocycles. The highest BCUT2D eigenvalue weighted by molar-refractivity contribution is 7.64. The Bertz CT molecular complexity index is 624. The van der Waals surface area contributed by atoms with E-state index >= 15 is 0 Å². The van der Waals surface area contributed by atoms with Gasteiger partial charge in [-0.3, -0.25) is 0 Å². The minimum absolute atomic E-state index is 0.830. The molecule has 0 aliphatic carbocycles. The zero-order chi connectivity index (χ0) is 18.4. The third-order valence-corrected chi connectivity index (χ3v) is 7.33. The second-order valence-corrected chi connectivity index (χ2v) is 9.90. The van der Waals surface area contributed by atoms with Crippen LogP contribution >= 0.6 is 7.94 Å². The van der Waals surface area contributed by atoms with E-state index in [1.165, 1.54) is 0 Å². The first kappa shape index (κ1) is 19.5. The molecule has 2 aromatic carbocycles. The van der Waals surface area contributed by atoms with E-state index in [0.717, 1.165) is 16.8 Å². The maximum Gasteiger partial charge on any atom is 0.449 e. The molecule has 0 amide bonds. The second kappa shape index (κ2) is 8.54. The molecule has 0 radical (unpaired) electrons. The lowest BCUT2D eigenvalue weighted by Crippen LogP contribution is -2.36. The van der Waals surface area contributed by atoms with Crippen molar-refractivity contribution in [1.82, 2.24) is 14.0 Å². The maximum absolute atomic E-state index is 6.26. The van der Waals surface area contributed by atoms with Gasteiger partial charge in [0.25, 0.3) is 0 Å². The van der Waals surface area contributed by atoms with Gasteiger partial charge in [-0.15, -0.1) is 14.0 Å². The van der Waals surface area contributed by atoms with Crippen LogP contribution in [-0.2, 0) is 4.62 Å². The standard InChI is InChI=1S/C19H28N4OP/c1-21(2)25(22(3)4,23(5)6)24-20-19(17-13-9-7-10-14-17)18-15-11-8-12-16-18/h7-16H,1-6H3/q+1. The Balaban J connectivity index is 2.50. The summed E-state index contributed by atoms with van der Waals surface area (Å²) in [7, 11) is 9.94. The lowest BCUT2D eigenvalue weighted by molar-refractivity contribution is 0.251. The fourth-order valence-electron chi connectivity index (χ4n) is 2.85. The Kier molecular flexibility index (Phi) is 6.68. The van der Waals surface area contributed by atoms with Crippen molar-refractivity contribution in [3.63, 3.8) is 0 Å². The van der Waals surface area contributed by atoms with Crippen LogP contribution in [0.4, 0.5) is 0 Å². The van der Waals surface area contributed by atoms with Crippen LogP contribution in [0.2, 0.25) is 0 Å². The van der Waals surface area contributed by atoms with Crippen LogP contribution in [0, 0.1) is 0 Å². The maximum atomic E-state index is 6.26. The van der Waals surface area contributed by atoms with E-state index in [-0.39, 0.29) is 0 Å². The molecule has 0 saturated heterocycles. The molecule has 2 rings (SSSR count). The van der Waals surface area contributed by atoms with Gasteiger partial charge in [-0.25, -0.2) is 0 Å². The Morgan fingerprint density at radius 1 is 0.680 bits per heavy atom. The molecule has 0 N–H and O–H groups in total. The van der Waals surface area contributed by atoms with Gasteiger partial charge in [0, 0.05) is 53.4 Å². The number of hydrogen-bond acceptors (Lipinski definition) is 5. The van der Waals surface area contributed by atoms with Crippen molar-refractivity contribution in [3.05, 3.63) is 71.8 Å². The molecule has 0 spiro atoms. The molecule has 0 bridgehead atoms. The third-order valence-electron chi connectivity index (χ3n) is 3.90. The highest BCUT2D eigenvalue weighted by Gasteiger charge is 2.53. The van der Waals surface area contributed by atoms with Crippen LogP contribution in [0.15, 0.2) is 65.8 Å². The van der Waals surface area contributed by atoms with E-state index < -0.39 is 7.94 Å². The molecular weight excluding hydrogens is 331 g/mol. The topological polar surface area (TPSA) is 31.3 Å². The van der Waals surface area contributed by atoms with Crippen molar-refractivity contribution in [2.45, 2.75) is 0 Å². The average molecular weight is 359 g/mol. The molecular formula is C19H28N4OP+. The molecule has 2 aromatic rings. The van der Waals surface area contributed by atoms with E-state index in [9.17, 15) is 0 Å². The zero-order valence-corrected chi connectivity index (χ0v) is 16.8. The SMILES string of the molecule is CN(C)[P+](ON=C(c1ccccc1)c1ccccc1)(N(C)C)N(C)C. The van der Waals surface area contributed by atoms with Gasteiger partial charge < -0.3 is 0 Å². The van der Waals surface area contributed by atoms with Gasteiger partial charge in [0.2, 0.25) is 0 Å². The highest BCUT2D eigenvalue weighted by atomic mass is 31.2. The van der Waals surface area contributed by atoms with Gasteiger partial charge in [-0.05, 0) is 5.16 Å². The number of rotatable bonds is 7. The molecule has 0 saturated carbocycles. The molecule has 25 heavy (non-hydrogen) atoms. The second-order valence-electron chi connectivity index (χ2n) is 6.31. The van der Waals surface area contributed by atoms with E-state index in [1.807, 2.05) is 78.7 Å². The molecule has 134 valence electrons. The summed E-state index contributed by atoms with van der Waals surface area (Å²) in [5, 5.41) is 4.64. The lowest BCUT2D eigenvalue weighted by Gasteiger charge is -2.34. The number of nitrogens with zero attached hydrogens (tertiary/aromatic N) is 4. The first-order chi connectivity index (χ1) is 11.9. The summed E-state index contributed by atoms with van der Waals surface area (Å²) >= 11 is 0. The van der Waals surface area contributed by atoms with Gasteiger partial charge in [0.05, 0.1) is 0 Å². The smallest absolute Gasteiger partial charge is 0.183 e. The van der Waals surface area contributed by atoms with Gasteiger partial charge >= 0.3 is 7.94 Å². The normalized spacial score (nSPS) is 11.9. The first-order valence-corrected chi connectivity index (χ1v) is 9.76. The van der Waals surface area contributed by atoms with Crippen LogP contribution in [0.25, 0.3) is 0 Å². The van der Waals surface area contributed by atoms with Crippen LogP contribution in [0.1, 0.15) is 11.1 Å². The minimum atomic E-state index is -2.19. The molecule has 0 aromatic heterocycles. The summed E-state index contributed by atoms with van der Waals surface area (Å²) < 4.78 is 12.6. The van der Waals surface area contributed by atoms with Crippen molar-refractivity contribution in [1.29, 1.82) is 0 Å². The fraction of sp³-hybridized carbons (Fsp3) is 0.316. The first-order valence-electron chi connectivity index (χ1n) is 8.19. The Hall–Kier alpha value is -1.78. The van der Waals surface area contributed by atoms with Crippen LogP contribution in [0.3, 0.4) is 0 Å². The molecule has 0 aliphatic rings. The van der Waals surface area contributed by atoms with Crippen molar-refractivity contribution >= 4 is 13.7 Å². The summed E-state index contributed by atoms with van der Waals surface area (Å²) in [6.45, 7) is 0. The average Bonchev–Trinajstić information content (AvgIpc) is 2.59. The molecule has 5 nitrogen and oxygen atoms in total. The fourth-order valence-corrected chi connectivity index (χ4v) is 5.63. The van der Waals surface area contributed by atoms with Gasteiger partial charge in [-0.1, -0.05) is 60.7 Å². The predicted molar refractivity (Wildman–Crippen MR) is 108 cm³/mol. The summed E-state index contributed by atoms with van der Waals surface area (Å²) in [6, 6.07) is 20.3. The van der Waals surface area contributed by atoms with Crippen LogP contribution < -0.4 is 0 Å². The van der Waals surface area contributed by atoms with E-state index in [0.29, 0.717) is 0 Å². The quantitative estimate of drug-likeness (QED) is 0.427. The Morgan fingerprint density at radius 2 is 1.04 bits per heavy atom. The Labute approximate surface area is 152 Å². The molecule has 0 fully saturated rings. The lowest BCUT2D eigenvalue weighted by atomic mass is 10.0. The summed E-state index contributed by atoms with van der Waals surface area (Å²) in [5.41, 5.74) is 2.89. The summed E-state index contributed by atoms with van der Waals surface area (Å²) in [6.07, 6.45) is 0. The molecule has 0 atom stereocenters. The predicted octanol–water partition coefficient (Wildman–Crippen LogP) is 3.82. The Morgan fingerprint density at radius 3 is 1.36 bits per heavy atom. The molecule has 0 aliphatic heterocycles. The van der Waals surface area contributed by atoms with E-state index in [4.69, 9.17) is 4.62 Å². The number of hydrogen-bond donors (Lipinski definition) is 0. The highest BCUT2D eigenvalue weighted by Crippen LogP contribution is 2.64. The van der Waals surface area contributed by atoms with E-state index in [2.05, 4.69) is 43.4 Å². The largest absolute Gasteiger partial charge is 0.449 e. The van der Waals surface area contributed by atoms with Crippen molar-refractivity contribution in [2.24, 2.45) is 5.16 Å². The zero-order valence-electron chi connectivity index (χ0n) is 15.9. The van der Waals surface area contributed by atoms with Crippen LogP contribution in [0.5, 0.6) is 0 Å². The van der Waals surface area contributed by atoms with Gasteiger partial charge in [0.15, 0.2) is 0 Å². The molecule has 6 heteroatoms. The van der Waals surface area contributed by atoms with Crippen molar-refractivity contribution < 1.29 is 4.62 Å². The number of oxime groups is 1. The van der Waals surface area contributed by atoms with Gasteiger partial charge in [0.1, 0.15) is 5.71 Å². The van der Waals surface area contributed by atoms with Crippen LogP contribution in [-0.4, -0.2) is 62.0 Å². The summed E-state index contributed by atoms with van der Waals surface area (Å²) in [4.78, 5) is 0. The summed E-state index contributed by atoms with van der Waals surface area (Å²) in [5.74, 6) is 0. The van der Waals surface area contributed by atoms with E-state index in [1.54, 1.807) is 0 Å². The van der Waals surface area contributed by atoms with Gasteiger partial charge in [-0.2, -0.15) is 4.62 Å².